The van der Waals surface area contributed by atoms with Crippen molar-refractivity contribution in [3.63, 3.8) is 0 Å². The van der Waals surface area contributed by atoms with E-state index >= 15 is 0 Å². The molecule has 0 radical (unpaired) electrons. The zero-order chi connectivity index (χ0) is 20.5. The first-order valence-corrected chi connectivity index (χ1v) is 10.0. The van der Waals surface area contributed by atoms with E-state index in [1.807, 2.05) is 20.8 Å². The molecule has 3 saturated heterocycles. The Labute approximate surface area is 170 Å². The second-order valence-electron chi connectivity index (χ2n) is 8.72. The first kappa shape index (κ1) is 21.0. The molecule has 28 heavy (non-hydrogen) atoms. The molecule has 0 aromatic heterocycles. The van der Waals surface area contributed by atoms with Crippen LogP contribution in [0.4, 0.5) is 10.1 Å². The van der Waals surface area contributed by atoms with E-state index in [4.69, 9.17) is 11.6 Å². The van der Waals surface area contributed by atoms with Crippen LogP contribution in [-0.2, 0) is 9.59 Å². The van der Waals surface area contributed by atoms with Gasteiger partial charge in [-0.3, -0.25) is 19.4 Å². The van der Waals surface area contributed by atoms with Gasteiger partial charge >= 0.3 is 0 Å². The lowest BCUT2D eigenvalue weighted by Crippen LogP contribution is -2.65. The zero-order valence-electron chi connectivity index (χ0n) is 16.6. The molecule has 154 valence electrons. The van der Waals surface area contributed by atoms with Crippen LogP contribution in [0.25, 0.3) is 0 Å². The highest BCUT2D eigenvalue weighted by atomic mass is 35.5. The monoisotopic (exact) mass is 410 g/mol. The third-order valence-electron chi connectivity index (χ3n) is 5.17. The molecule has 2 atom stereocenters. The maximum atomic E-state index is 13.2. The number of fused-ring (bicyclic) bond motifs is 3. The summed E-state index contributed by atoms with van der Waals surface area (Å²) in [5.41, 5.74) is 0.248. The molecule has 3 aliphatic rings. The molecule has 0 saturated carbocycles. The van der Waals surface area contributed by atoms with Crippen molar-refractivity contribution in [1.29, 1.82) is 0 Å². The lowest BCUT2D eigenvalue weighted by Gasteiger charge is -2.51. The summed E-state index contributed by atoms with van der Waals surface area (Å²) < 4.78 is 13.2. The van der Waals surface area contributed by atoms with Crippen LogP contribution >= 0.6 is 11.6 Å². The van der Waals surface area contributed by atoms with Gasteiger partial charge in [0.05, 0.1) is 18.1 Å². The number of hydrogen-bond acceptors (Lipinski definition) is 4. The van der Waals surface area contributed by atoms with Gasteiger partial charge in [0.15, 0.2) is 0 Å². The molecule has 2 N–H and O–H groups in total. The summed E-state index contributed by atoms with van der Waals surface area (Å²) in [5.74, 6) is -0.617. The minimum Gasteiger partial charge on any atom is -0.350 e. The van der Waals surface area contributed by atoms with Gasteiger partial charge in [0.25, 0.3) is 0 Å². The smallest absolute Gasteiger partial charge is 0.238 e. The van der Waals surface area contributed by atoms with Crippen LogP contribution in [0.2, 0.25) is 5.02 Å². The summed E-state index contributed by atoms with van der Waals surface area (Å²) in [6.07, 6.45) is 2.07. The van der Waals surface area contributed by atoms with E-state index in [9.17, 15) is 14.0 Å². The van der Waals surface area contributed by atoms with Crippen molar-refractivity contribution in [2.24, 2.45) is 0 Å². The summed E-state index contributed by atoms with van der Waals surface area (Å²) in [5, 5.41) is 5.77. The number of carbonyl (C=O) groups is 2. The Morgan fingerprint density at radius 3 is 2.18 bits per heavy atom. The van der Waals surface area contributed by atoms with E-state index in [0.29, 0.717) is 12.2 Å². The Bertz CT molecular complexity index is 752. The van der Waals surface area contributed by atoms with Crippen LogP contribution in [0.1, 0.15) is 33.6 Å². The summed E-state index contributed by atoms with van der Waals surface area (Å²) in [6, 6.07) is 4.68. The zero-order valence-corrected chi connectivity index (χ0v) is 17.4. The van der Waals surface area contributed by atoms with Gasteiger partial charge < -0.3 is 10.6 Å². The van der Waals surface area contributed by atoms with Crippen molar-refractivity contribution < 1.29 is 14.0 Å². The number of anilines is 1. The standard InChI is InChI=1S/C20H28ClFN4O2/c1-20(2,3)24-19(28)12-26-10-14-5-6-15(26)9-25(14)11-18(27)23-13-4-7-17(22)16(21)8-13/h4,7-8,14-15H,5-6,9-12H2,1-3H3,(H,23,27)(H,24,28)/t14-,15-/m0/s1. The molecule has 6 nitrogen and oxygen atoms in total. The van der Waals surface area contributed by atoms with Crippen molar-refractivity contribution >= 4 is 29.1 Å². The number of nitrogens with one attached hydrogen (secondary N) is 2. The third-order valence-corrected chi connectivity index (χ3v) is 5.46. The van der Waals surface area contributed by atoms with E-state index in [1.54, 1.807) is 0 Å². The van der Waals surface area contributed by atoms with Crippen molar-refractivity contribution in [3.05, 3.63) is 29.0 Å². The van der Waals surface area contributed by atoms with Gasteiger partial charge in [-0.05, 0) is 51.8 Å². The molecule has 3 aliphatic heterocycles. The predicted molar refractivity (Wildman–Crippen MR) is 108 cm³/mol. The molecule has 3 heterocycles. The largest absolute Gasteiger partial charge is 0.350 e. The highest BCUT2D eigenvalue weighted by Gasteiger charge is 2.40. The van der Waals surface area contributed by atoms with E-state index in [-0.39, 0.29) is 41.0 Å². The average molecular weight is 411 g/mol. The molecule has 2 bridgehead atoms. The maximum Gasteiger partial charge on any atom is 0.238 e. The summed E-state index contributed by atoms with van der Waals surface area (Å²) in [6.45, 7) is 8.15. The van der Waals surface area contributed by atoms with Crippen LogP contribution in [0.3, 0.4) is 0 Å². The molecule has 0 spiro atoms. The average Bonchev–Trinajstić information content (AvgIpc) is 2.57. The Hall–Kier alpha value is -1.70. The maximum absolute atomic E-state index is 13.2. The fourth-order valence-electron chi connectivity index (χ4n) is 3.99. The number of hydrogen-bond donors (Lipinski definition) is 2. The van der Waals surface area contributed by atoms with Gasteiger partial charge in [-0.15, -0.1) is 0 Å². The van der Waals surface area contributed by atoms with Crippen molar-refractivity contribution in [2.45, 2.75) is 51.2 Å². The Balaban J connectivity index is 1.52. The van der Waals surface area contributed by atoms with Crippen LogP contribution in [-0.4, -0.2) is 65.4 Å². The second kappa shape index (κ2) is 8.35. The number of piperidine rings is 2. The number of halogens is 2. The minimum absolute atomic E-state index is 0.0148. The Morgan fingerprint density at radius 1 is 1.11 bits per heavy atom. The van der Waals surface area contributed by atoms with Crippen LogP contribution in [0, 0.1) is 5.82 Å². The molecule has 4 rings (SSSR count). The summed E-state index contributed by atoms with van der Waals surface area (Å²) >= 11 is 5.76. The van der Waals surface area contributed by atoms with Gasteiger partial charge in [-0.1, -0.05) is 11.6 Å². The quantitative estimate of drug-likeness (QED) is 0.782. The highest BCUT2D eigenvalue weighted by Crippen LogP contribution is 2.28. The van der Waals surface area contributed by atoms with Gasteiger partial charge in [-0.2, -0.15) is 0 Å². The van der Waals surface area contributed by atoms with Crippen LogP contribution in [0.15, 0.2) is 18.2 Å². The fraction of sp³-hybridized carbons (Fsp3) is 0.600. The Kier molecular flexibility index (Phi) is 6.27. The van der Waals surface area contributed by atoms with Crippen LogP contribution in [0.5, 0.6) is 0 Å². The SMILES string of the molecule is CC(C)(C)NC(=O)CN1C[C@@H]2CC[C@H]1CN2CC(=O)Nc1ccc(F)c(Cl)c1. The Morgan fingerprint density at radius 2 is 1.68 bits per heavy atom. The van der Waals surface area contributed by atoms with E-state index in [2.05, 4.69) is 20.4 Å². The normalized spacial score (nSPS) is 22.9. The van der Waals surface area contributed by atoms with Gasteiger partial charge in [0, 0.05) is 36.4 Å². The first-order chi connectivity index (χ1) is 13.1. The molecule has 3 fully saturated rings. The van der Waals surface area contributed by atoms with Gasteiger partial charge in [-0.25, -0.2) is 4.39 Å². The lowest BCUT2D eigenvalue weighted by atomic mass is 9.90. The lowest BCUT2D eigenvalue weighted by molar-refractivity contribution is -0.128. The number of rotatable bonds is 5. The molecule has 0 unspecified atom stereocenters. The van der Waals surface area contributed by atoms with Crippen molar-refractivity contribution in [1.82, 2.24) is 15.1 Å². The number of carbonyl (C=O) groups excluding carboxylic acids is 2. The predicted octanol–water partition coefficient (Wildman–Crippen LogP) is 2.48. The molecule has 1 aromatic rings. The van der Waals surface area contributed by atoms with E-state index in [1.165, 1.54) is 18.2 Å². The van der Waals surface area contributed by atoms with Crippen LogP contribution < -0.4 is 10.6 Å². The van der Waals surface area contributed by atoms with E-state index in [0.717, 1.165) is 25.9 Å². The number of benzene rings is 1. The molecule has 1 aromatic carbocycles. The van der Waals surface area contributed by atoms with Crippen molar-refractivity contribution in [2.75, 3.05) is 31.5 Å². The molecular formula is C20H28ClFN4O2. The van der Waals surface area contributed by atoms with E-state index < -0.39 is 5.82 Å². The third kappa shape index (κ3) is 5.43. The molecule has 0 aliphatic carbocycles. The highest BCUT2D eigenvalue weighted by molar-refractivity contribution is 6.31. The topological polar surface area (TPSA) is 64.7 Å². The first-order valence-electron chi connectivity index (χ1n) is 9.65. The number of piperazine rings is 1. The molecule has 2 amide bonds. The number of nitrogens with zero attached hydrogens (tertiary/aromatic N) is 2. The van der Waals surface area contributed by atoms with Crippen molar-refractivity contribution in [3.8, 4) is 0 Å². The van der Waals surface area contributed by atoms with Gasteiger partial charge in [0.2, 0.25) is 11.8 Å². The van der Waals surface area contributed by atoms with Gasteiger partial charge in [0.1, 0.15) is 5.82 Å². The summed E-state index contributed by atoms with van der Waals surface area (Å²) in [4.78, 5) is 29.1. The molecule has 8 heteroatoms. The summed E-state index contributed by atoms with van der Waals surface area (Å²) in [7, 11) is 0. The number of amides is 2. The fourth-order valence-corrected chi connectivity index (χ4v) is 4.17. The molecular weight excluding hydrogens is 383 g/mol. The minimum atomic E-state index is -0.511. The second-order valence-corrected chi connectivity index (χ2v) is 9.13.